The lowest BCUT2D eigenvalue weighted by Gasteiger charge is -2.15. The van der Waals surface area contributed by atoms with Crippen LogP contribution in [-0.4, -0.2) is 28.9 Å². The maximum absolute atomic E-state index is 13.3. The Morgan fingerprint density at radius 1 is 0.643 bits per heavy atom. The van der Waals surface area contributed by atoms with Crippen LogP contribution in [0.1, 0.15) is 26.3 Å². The van der Waals surface area contributed by atoms with E-state index in [2.05, 4.69) is 0 Å². The fourth-order valence-electron chi connectivity index (χ4n) is 2.96. The summed E-state index contributed by atoms with van der Waals surface area (Å²) in [6, 6.07) is 28.0. The molecule has 0 unspecified atom stereocenters. The summed E-state index contributed by atoms with van der Waals surface area (Å²) >= 11 is 0. The van der Waals surface area contributed by atoms with E-state index in [1.165, 1.54) is 0 Å². The number of rotatable bonds is 6. The molecule has 0 saturated heterocycles. The molecule has 0 amide bonds. The zero-order valence-corrected chi connectivity index (χ0v) is 16.8. The molecule has 28 heavy (non-hydrogen) atoms. The lowest BCUT2D eigenvalue weighted by molar-refractivity contribution is 0.104. The van der Waals surface area contributed by atoms with Gasteiger partial charge in [-0.05, 0) is 24.2 Å². The Hall–Kier alpha value is -3.04. The molecule has 0 saturated carbocycles. The van der Waals surface area contributed by atoms with E-state index in [0.29, 0.717) is 21.6 Å². The molecule has 0 fully saturated rings. The van der Waals surface area contributed by atoms with Crippen molar-refractivity contribution >= 4 is 32.5 Å². The highest BCUT2D eigenvalue weighted by Crippen LogP contribution is 2.25. The molecular formula is C25H22O2S. The van der Waals surface area contributed by atoms with Gasteiger partial charge in [-0.2, -0.15) is 10.5 Å². The third kappa shape index (κ3) is 4.62. The predicted molar refractivity (Wildman–Crippen MR) is 120 cm³/mol. The molecule has 3 aromatic rings. The van der Waals surface area contributed by atoms with Crippen molar-refractivity contribution < 1.29 is 9.59 Å². The van der Waals surface area contributed by atoms with Gasteiger partial charge in [0.15, 0.2) is 11.6 Å². The number of Topliss-reactive ketones (excluding diaryl/α,β-unsaturated/α-hetero) is 1. The standard InChI is InChI=1S/C25H22O2S/c1-28(2)25(24(27)21-16-10-5-11-17-21)22(19-12-6-3-7-13-19)18-23(26)20-14-8-4-9-15-20/h3-18H,1-2H3/b22-18-. The Labute approximate surface area is 168 Å². The lowest BCUT2D eigenvalue weighted by Crippen LogP contribution is -2.17. The van der Waals surface area contributed by atoms with Crippen LogP contribution in [0.4, 0.5) is 0 Å². The molecule has 0 N–H and O–H groups in total. The lowest BCUT2D eigenvalue weighted by atomic mass is 9.95. The van der Waals surface area contributed by atoms with E-state index in [9.17, 15) is 9.59 Å². The van der Waals surface area contributed by atoms with Crippen LogP contribution in [0.2, 0.25) is 0 Å². The van der Waals surface area contributed by atoms with E-state index in [4.69, 9.17) is 0 Å². The van der Waals surface area contributed by atoms with Gasteiger partial charge in [-0.1, -0.05) is 91.0 Å². The zero-order valence-electron chi connectivity index (χ0n) is 16.0. The molecule has 0 aromatic heterocycles. The molecular weight excluding hydrogens is 364 g/mol. The normalized spacial score (nSPS) is 11.3. The monoisotopic (exact) mass is 386 g/mol. The van der Waals surface area contributed by atoms with Gasteiger partial charge in [0.1, 0.15) is 0 Å². The molecule has 0 aliphatic carbocycles. The van der Waals surface area contributed by atoms with Gasteiger partial charge in [0.2, 0.25) is 0 Å². The van der Waals surface area contributed by atoms with Crippen LogP contribution in [0.5, 0.6) is 0 Å². The first-order chi connectivity index (χ1) is 13.6. The second-order valence-corrected chi connectivity index (χ2v) is 8.54. The number of ketones is 2. The second-order valence-electron chi connectivity index (χ2n) is 6.50. The maximum Gasteiger partial charge on any atom is 0.199 e. The molecule has 0 atom stereocenters. The Balaban J connectivity index is 2.15. The molecule has 3 heteroatoms. The van der Waals surface area contributed by atoms with Gasteiger partial charge in [-0.25, -0.2) is 0 Å². The first-order valence-electron chi connectivity index (χ1n) is 8.99. The first kappa shape index (κ1) is 19.7. The van der Waals surface area contributed by atoms with Crippen molar-refractivity contribution in [1.82, 2.24) is 0 Å². The summed E-state index contributed by atoms with van der Waals surface area (Å²) in [6.07, 6.45) is 5.63. The number of carbonyl (C=O) groups is 2. The number of hydrogen-bond donors (Lipinski definition) is 0. The van der Waals surface area contributed by atoms with Gasteiger partial charge in [-0.15, -0.1) is 0 Å². The summed E-state index contributed by atoms with van der Waals surface area (Å²) in [5.41, 5.74) is 2.80. The van der Waals surface area contributed by atoms with E-state index in [1.807, 2.05) is 91.4 Å². The van der Waals surface area contributed by atoms with Gasteiger partial charge in [0, 0.05) is 16.7 Å². The minimum Gasteiger partial charge on any atom is -0.289 e. The predicted octanol–water partition coefficient (Wildman–Crippen LogP) is 5.54. The highest BCUT2D eigenvalue weighted by molar-refractivity contribution is 8.16. The van der Waals surface area contributed by atoms with Gasteiger partial charge < -0.3 is 0 Å². The molecule has 140 valence electrons. The van der Waals surface area contributed by atoms with Crippen LogP contribution >= 0.6 is 10.5 Å². The summed E-state index contributed by atoms with van der Waals surface area (Å²) < 4.78 is 0. The minimum absolute atomic E-state index is 0.0371. The molecule has 0 radical (unpaired) electrons. The van der Waals surface area contributed by atoms with Crippen molar-refractivity contribution in [2.24, 2.45) is 0 Å². The Morgan fingerprint density at radius 2 is 1.07 bits per heavy atom. The number of carbonyl (C=O) groups excluding carboxylic acids is 2. The van der Waals surface area contributed by atoms with Crippen molar-refractivity contribution in [3.63, 3.8) is 0 Å². The first-order valence-corrected chi connectivity index (χ1v) is 11.0. The Kier molecular flexibility index (Phi) is 6.51. The second kappa shape index (κ2) is 9.25. The van der Waals surface area contributed by atoms with E-state index < -0.39 is 0 Å². The van der Waals surface area contributed by atoms with E-state index >= 15 is 0 Å². The van der Waals surface area contributed by atoms with Crippen molar-refractivity contribution in [2.45, 2.75) is 0 Å². The van der Waals surface area contributed by atoms with Crippen LogP contribution in [0.15, 0.2) is 97.1 Å². The summed E-state index contributed by atoms with van der Waals surface area (Å²) in [6.45, 7) is 0. The van der Waals surface area contributed by atoms with Gasteiger partial charge in [0.05, 0.1) is 4.86 Å². The molecule has 0 aliphatic heterocycles. The molecule has 0 bridgehead atoms. The van der Waals surface area contributed by atoms with Crippen molar-refractivity contribution in [3.8, 4) is 0 Å². The topological polar surface area (TPSA) is 34.1 Å². The molecule has 0 spiro atoms. The fraction of sp³-hybridized carbons (Fsp3) is 0.0800. The molecule has 3 rings (SSSR count). The average Bonchev–Trinajstić information content (AvgIpc) is 2.74. The van der Waals surface area contributed by atoms with Crippen molar-refractivity contribution in [2.75, 3.05) is 12.5 Å². The van der Waals surface area contributed by atoms with Gasteiger partial charge >= 0.3 is 0 Å². The highest BCUT2D eigenvalue weighted by Gasteiger charge is 2.20. The van der Waals surface area contributed by atoms with Crippen molar-refractivity contribution in [1.29, 1.82) is 0 Å². The summed E-state index contributed by atoms with van der Waals surface area (Å²) in [5.74, 6) is -0.145. The van der Waals surface area contributed by atoms with Crippen LogP contribution < -0.4 is 0 Å². The van der Waals surface area contributed by atoms with Crippen LogP contribution in [-0.2, 0) is 0 Å². The SMILES string of the molecule is CS(C)=C(C(=O)c1ccccc1)/C(=C\C(=O)c1ccccc1)c1ccccc1. The van der Waals surface area contributed by atoms with E-state index in [-0.39, 0.29) is 22.1 Å². The fourth-order valence-corrected chi connectivity index (χ4v) is 4.07. The quantitative estimate of drug-likeness (QED) is 0.317. The largest absolute Gasteiger partial charge is 0.289 e. The highest BCUT2D eigenvalue weighted by atomic mass is 32.2. The number of benzene rings is 3. The van der Waals surface area contributed by atoms with Gasteiger partial charge in [0.25, 0.3) is 0 Å². The van der Waals surface area contributed by atoms with Crippen LogP contribution in [0.3, 0.4) is 0 Å². The molecule has 0 heterocycles. The van der Waals surface area contributed by atoms with Crippen LogP contribution in [0, 0.1) is 0 Å². The zero-order chi connectivity index (χ0) is 19.9. The molecule has 0 aliphatic rings. The van der Waals surface area contributed by atoms with E-state index in [0.717, 1.165) is 5.56 Å². The van der Waals surface area contributed by atoms with Crippen LogP contribution in [0.25, 0.3) is 5.57 Å². The Bertz CT molecular complexity index is 1030. The smallest absolute Gasteiger partial charge is 0.199 e. The summed E-state index contributed by atoms with van der Waals surface area (Å²) in [5, 5.41) is 0. The summed E-state index contributed by atoms with van der Waals surface area (Å²) in [4.78, 5) is 26.9. The number of allylic oxidation sites excluding steroid dienone is 2. The van der Waals surface area contributed by atoms with E-state index in [1.54, 1.807) is 18.2 Å². The molecule has 3 aromatic carbocycles. The summed E-state index contributed by atoms with van der Waals surface area (Å²) in [7, 11) is -0.341. The molecule has 2 nitrogen and oxygen atoms in total. The Morgan fingerprint density at radius 3 is 1.54 bits per heavy atom. The minimum atomic E-state index is -0.341. The third-order valence-corrected chi connectivity index (χ3v) is 5.54. The maximum atomic E-state index is 13.3. The third-order valence-electron chi connectivity index (χ3n) is 4.31. The van der Waals surface area contributed by atoms with Gasteiger partial charge in [-0.3, -0.25) is 9.59 Å². The van der Waals surface area contributed by atoms with Crippen molar-refractivity contribution in [3.05, 3.63) is 114 Å². The average molecular weight is 387 g/mol. The number of hydrogen-bond acceptors (Lipinski definition) is 2.